The van der Waals surface area contributed by atoms with Crippen LogP contribution < -0.4 is 10.4 Å². The standard InChI is InChI=1S/C55H43BN2O2/c1-53(2)54(3,4)60-56(59-53)36-27-32-52-46(33-36)45-23-13-16-26-51(45)58(52)40-29-31-44-42-22-12-15-25-48(42)55(50(44)35-40)47-24-14-11-21-41(47)43-30-28-39(34-49(43)55)57(37-17-7-5-8-18-37)38-19-9-6-10-20-38/h5-35H,1-4H3. The van der Waals surface area contributed by atoms with Crippen molar-refractivity contribution >= 4 is 51.4 Å². The summed E-state index contributed by atoms with van der Waals surface area (Å²) in [5.74, 6) is 0. The smallest absolute Gasteiger partial charge is 0.399 e. The second kappa shape index (κ2) is 12.7. The van der Waals surface area contributed by atoms with Gasteiger partial charge in [0.2, 0.25) is 0 Å². The normalized spacial score (nSPS) is 17.8. The van der Waals surface area contributed by atoms with E-state index in [1.807, 2.05) is 0 Å². The minimum absolute atomic E-state index is 0.418. The Labute approximate surface area is 351 Å². The van der Waals surface area contributed by atoms with Crippen molar-refractivity contribution in [3.8, 4) is 27.9 Å². The lowest BCUT2D eigenvalue weighted by Crippen LogP contribution is -2.41. The number of para-hydroxylation sites is 3. The molecule has 1 aliphatic heterocycles. The Morgan fingerprint density at radius 1 is 0.417 bits per heavy atom. The molecule has 288 valence electrons. The van der Waals surface area contributed by atoms with E-state index >= 15 is 0 Å². The van der Waals surface area contributed by atoms with Crippen LogP contribution in [0.3, 0.4) is 0 Å². The average molecular weight is 775 g/mol. The van der Waals surface area contributed by atoms with Gasteiger partial charge in [0.25, 0.3) is 0 Å². The molecule has 2 heterocycles. The van der Waals surface area contributed by atoms with Crippen molar-refractivity contribution in [1.29, 1.82) is 0 Å². The number of fused-ring (bicyclic) bond motifs is 13. The quantitative estimate of drug-likeness (QED) is 0.163. The van der Waals surface area contributed by atoms with E-state index in [-0.39, 0.29) is 0 Å². The second-order valence-corrected chi connectivity index (χ2v) is 17.5. The van der Waals surface area contributed by atoms with Gasteiger partial charge in [-0.1, -0.05) is 127 Å². The molecule has 1 unspecified atom stereocenters. The van der Waals surface area contributed by atoms with Crippen molar-refractivity contribution in [3.63, 3.8) is 0 Å². The van der Waals surface area contributed by atoms with Crippen LogP contribution in [-0.2, 0) is 14.7 Å². The summed E-state index contributed by atoms with van der Waals surface area (Å²) in [6.45, 7) is 8.45. The van der Waals surface area contributed by atoms with E-state index in [0.717, 1.165) is 33.7 Å². The first-order valence-electron chi connectivity index (χ1n) is 21.0. The van der Waals surface area contributed by atoms with Crippen molar-refractivity contribution in [2.45, 2.75) is 44.3 Å². The average Bonchev–Trinajstić information content (AvgIpc) is 3.94. The van der Waals surface area contributed by atoms with Gasteiger partial charge in [0, 0.05) is 33.5 Å². The summed E-state index contributed by atoms with van der Waals surface area (Å²) in [7, 11) is -0.438. The van der Waals surface area contributed by atoms with Crippen molar-refractivity contribution in [2.24, 2.45) is 0 Å². The van der Waals surface area contributed by atoms with Crippen LogP contribution >= 0.6 is 0 Å². The fraction of sp³-hybridized carbons (Fsp3) is 0.127. The summed E-state index contributed by atoms with van der Waals surface area (Å²) in [5, 5.41) is 2.38. The lowest BCUT2D eigenvalue weighted by molar-refractivity contribution is 0.00578. The maximum absolute atomic E-state index is 6.54. The van der Waals surface area contributed by atoms with E-state index < -0.39 is 23.7 Å². The molecule has 12 rings (SSSR count). The maximum Gasteiger partial charge on any atom is 0.494 e. The molecule has 9 aromatic rings. The first-order valence-corrected chi connectivity index (χ1v) is 21.0. The highest BCUT2D eigenvalue weighted by atomic mass is 16.7. The fourth-order valence-corrected chi connectivity index (χ4v) is 10.4. The van der Waals surface area contributed by atoms with E-state index in [9.17, 15) is 0 Å². The monoisotopic (exact) mass is 774 g/mol. The molecule has 4 nitrogen and oxygen atoms in total. The molecule has 1 atom stereocenters. The first-order chi connectivity index (χ1) is 29.2. The molecule has 60 heavy (non-hydrogen) atoms. The molecule has 0 bridgehead atoms. The predicted molar refractivity (Wildman–Crippen MR) is 247 cm³/mol. The van der Waals surface area contributed by atoms with Gasteiger partial charge in [-0.2, -0.15) is 0 Å². The zero-order chi connectivity index (χ0) is 40.4. The molecule has 1 aromatic heterocycles. The molecule has 3 aliphatic rings. The summed E-state index contributed by atoms with van der Waals surface area (Å²) in [6, 6.07) is 69.3. The number of hydrogen-bond donors (Lipinski definition) is 0. The van der Waals surface area contributed by atoms with E-state index in [2.05, 4.69) is 225 Å². The molecule has 0 radical (unpaired) electrons. The van der Waals surface area contributed by atoms with Gasteiger partial charge in [0.05, 0.1) is 27.7 Å². The zero-order valence-electron chi connectivity index (χ0n) is 34.2. The molecule has 8 aromatic carbocycles. The van der Waals surface area contributed by atoms with E-state index in [1.54, 1.807) is 0 Å². The van der Waals surface area contributed by atoms with Crippen molar-refractivity contribution < 1.29 is 9.31 Å². The van der Waals surface area contributed by atoms with Crippen LogP contribution in [0.2, 0.25) is 0 Å². The Bertz CT molecular complexity index is 3120. The van der Waals surface area contributed by atoms with Gasteiger partial charge in [0.15, 0.2) is 0 Å². The van der Waals surface area contributed by atoms with Gasteiger partial charge in [-0.15, -0.1) is 0 Å². The highest BCUT2D eigenvalue weighted by Gasteiger charge is 2.53. The highest BCUT2D eigenvalue weighted by molar-refractivity contribution is 6.62. The third-order valence-electron chi connectivity index (χ3n) is 13.8. The molecular weight excluding hydrogens is 731 g/mol. The summed E-state index contributed by atoms with van der Waals surface area (Å²) in [5.41, 5.74) is 16.8. The Morgan fingerprint density at radius 3 is 1.58 bits per heavy atom. The van der Waals surface area contributed by atoms with E-state index in [1.165, 1.54) is 60.8 Å². The fourth-order valence-electron chi connectivity index (χ4n) is 10.4. The lowest BCUT2D eigenvalue weighted by Gasteiger charge is -2.32. The maximum atomic E-state index is 6.54. The van der Waals surface area contributed by atoms with Crippen molar-refractivity contribution in [2.75, 3.05) is 4.90 Å². The molecule has 0 N–H and O–H groups in total. The minimum atomic E-state index is -0.536. The van der Waals surface area contributed by atoms with Gasteiger partial charge < -0.3 is 18.8 Å². The number of hydrogen-bond acceptors (Lipinski definition) is 3. The molecule has 5 heteroatoms. The molecule has 2 aliphatic carbocycles. The minimum Gasteiger partial charge on any atom is -0.399 e. The van der Waals surface area contributed by atoms with E-state index in [4.69, 9.17) is 9.31 Å². The SMILES string of the molecule is CC1(C)OB(c2ccc3c(c2)c2ccccc2n3-c2ccc3c(c2)C2(c4ccccc4-c4ccc(N(c5ccccc5)c5ccccc5)cc42)c2ccccc2-3)OC1(C)C. The highest BCUT2D eigenvalue weighted by Crippen LogP contribution is 2.63. The topological polar surface area (TPSA) is 26.6 Å². The summed E-state index contributed by atoms with van der Waals surface area (Å²) >= 11 is 0. The zero-order valence-corrected chi connectivity index (χ0v) is 34.2. The van der Waals surface area contributed by atoms with Gasteiger partial charge in [-0.3, -0.25) is 0 Å². The summed E-state index contributed by atoms with van der Waals surface area (Å²) in [4.78, 5) is 2.38. The molecule has 0 amide bonds. The van der Waals surface area contributed by atoms with Crippen molar-refractivity contribution in [1.82, 2.24) is 4.57 Å². The van der Waals surface area contributed by atoms with Crippen LogP contribution in [-0.4, -0.2) is 22.9 Å². The summed E-state index contributed by atoms with van der Waals surface area (Å²) in [6.07, 6.45) is 0. The van der Waals surface area contributed by atoms with Gasteiger partial charge in [-0.25, -0.2) is 0 Å². The number of nitrogens with zero attached hydrogens (tertiary/aromatic N) is 2. The van der Waals surface area contributed by atoms with Gasteiger partial charge >= 0.3 is 7.12 Å². The van der Waals surface area contributed by atoms with Gasteiger partial charge in [0.1, 0.15) is 0 Å². The Hall–Kier alpha value is -6.66. The summed E-state index contributed by atoms with van der Waals surface area (Å²) < 4.78 is 15.5. The van der Waals surface area contributed by atoms with Crippen LogP contribution in [0.1, 0.15) is 49.9 Å². The third kappa shape index (κ3) is 4.82. The number of anilines is 3. The predicted octanol–water partition coefficient (Wildman–Crippen LogP) is 12.9. The van der Waals surface area contributed by atoms with Crippen LogP contribution in [0.5, 0.6) is 0 Å². The molecular formula is C55H43BN2O2. The van der Waals surface area contributed by atoms with Crippen LogP contribution in [0.15, 0.2) is 188 Å². The molecule has 0 saturated carbocycles. The van der Waals surface area contributed by atoms with Crippen LogP contribution in [0.25, 0.3) is 49.7 Å². The Balaban J connectivity index is 1.09. The largest absolute Gasteiger partial charge is 0.494 e. The third-order valence-corrected chi connectivity index (χ3v) is 13.8. The van der Waals surface area contributed by atoms with Gasteiger partial charge in [-0.05, 0) is 138 Å². The van der Waals surface area contributed by atoms with Crippen LogP contribution in [0, 0.1) is 0 Å². The first kappa shape index (κ1) is 35.3. The van der Waals surface area contributed by atoms with E-state index in [0.29, 0.717) is 0 Å². The number of rotatable bonds is 5. The lowest BCUT2D eigenvalue weighted by atomic mass is 9.70. The second-order valence-electron chi connectivity index (χ2n) is 17.5. The van der Waals surface area contributed by atoms with Crippen LogP contribution in [0.4, 0.5) is 17.1 Å². The van der Waals surface area contributed by atoms with Crippen molar-refractivity contribution in [3.05, 3.63) is 210 Å². The Kier molecular flexibility index (Phi) is 7.46. The molecule has 1 spiro atoms. The molecule has 1 saturated heterocycles. The Morgan fingerprint density at radius 2 is 0.933 bits per heavy atom. The number of benzene rings is 8. The molecule has 1 fully saturated rings. The number of aromatic nitrogens is 1.